The van der Waals surface area contributed by atoms with Gasteiger partial charge in [-0.15, -0.1) is 0 Å². The van der Waals surface area contributed by atoms with Gasteiger partial charge in [-0.2, -0.15) is 0 Å². The number of rotatable bonds is 8. The molecule has 8 heteroatoms. The van der Waals surface area contributed by atoms with Gasteiger partial charge in [-0.1, -0.05) is 67.3 Å². The number of amides is 2. The second-order valence-electron chi connectivity index (χ2n) is 8.08. The summed E-state index contributed by atoms with van der Waals surface area (Å²) in [5, 5.41) is 9.68. The van der Waals surface area contributed by atoms with E-state index in [0.717, 1.165) is 24.7 Å². The largest absolute Gasteiger partial charge is 0.493 e. The van der Waals surface area contributed by atoms with Gasteiger partial charge in [0.25, 0.3) is 5.91 Å². The van der Waals surface area contributed by atoms with E-state index >= 15 is 0 Å². The van der Waals surface area contributed by atoms with E-state index < -0.39 is 6.09 Å². The molecule has 2 amide bonds. The summed E-state index contributed by atoms with van der Waals surface area (Å²) < 4.78 is 16.6. The van der Waals surface area contributed by atoms with Crippen molar-refractivity contribution in [2.24, 2.45) is 0 Å². The lowest BCUT2D eigenvalue weighted by Crippen LogP contribution is -2.36. The Morgan fingerprint density at radius 3 is 2.43 bits per heavy atom. The van der Waals surface area contributed by atoms with Crippen LogP contribution in [0, 0.1) is 0 Å². The molecule has 0 bridgehead atoms. The van der Waals surface area contributed by atoms with Crippen LogP contribution in [0.15, 0.2) is 79.4 Å². The molecule has 1 aliphatic heterocycles. The molecule has 0 spiro atoms. The fourth-order valence-electron chi connectivity index (χ4n) is 3.97. The van der Waals surface area contributed by atoms with Crippen molar-refractivity contribution in [3.8, 4) is 11.5 Å². The molecule has 0 saturated carbocycles. The minimum atomic E-state index is -0.692. The SMILES string of the molecule is C=CCOC(=O)Nc1cc(OCc2ccccc2)c(OC)cc1C(=O)N1CCc2ccccc2C1.CO. The average molecular weight is 505 g/mol. The van der Waals surface area contributed by atoms with E-state index in [1.54, 1.807) is 17.0 Å². The van der Waals surface area contributed by atoms with Crippen molar-refractivity contribution in [3.63, 3.8) is 0 Å². The van der Waals surface area contributed by atoms with Crippen LogP contribution in [0.5, 0.6) is 11.5 Å². The van der Waals surface area contributed by atoms with Crippen molar-refractivity contribution < 1.29 is 28.9 Å². The van der Waals surface area contributed by atoms with Crippen molar-refractivity contribution >= 4 is 17.7 Å². The van der Waals surface area contributed by atoms with E-state index in [-0.39, 0.29) is 18.2 Å². The Balaban J connectivity index is 0.00000186. The van der Waals surface area contributed by atoms with Crippen LogP contribution in [-0.4, -0.2) is 49.4 Å². The summed E-state index contributed by atoms with van der Waals surface area (Å²) >= 11 is 0. The highest BCUT2D eigenvalue weighted by Gasteiger charge is 2.26. The lowest BCUT2D eigenvalue weighted by atomic mass is 9.99. The molecular weight excluding hydrogens is 472 g/mol. The van der Waals surface area contributed by atoms with Gasteiger partial charge in [0.2, 0.25) is 0 Å². The van der Waals surface area contributed by atoms with Gasteiger partial charge < -0.3 is 24.2 Å². The number of nitrogens with one attached hydrogen (secondary N) is 1. The second-order valence-corrected chi connectivity index (χ2v) is 8.08. The smallest absolute Gasteiger partial charge is 0.411 e. The van der Waals surface area contributed by atoms with Crippen molar-refractivity contribution in [2.75, 3.05) is 32.7 Å². The van der Waals surface area contributed by atoms with E-state index in [4.69, 9.17) is 19.3 Å². The molecule has 8 nitrogen and oxygen atoms in total. The highest BCUT2D eigenvalue weighted by molar-refractivity contribution is 6.03. The lowest BCUT2D eigenvalue weighted by Gasteiger charge is -2.29. The summed E-state index contributed by atoms with van der Waals surface area (Å²) in [7, 11) is 2.52. The van der Waals surface area contributed by atoms with Crippen molar-refractivity contribution in [2.45, 2.75) is 19.6 Å². The van der Waals surface area contributed by atoms with E-state index in [2.05, 4.69) is 18.0 Å². The first-order valence-corrected chi connectivity index (χ1v) is 11.8. The average Bonchev–Trinajstić information content (AvgIpc) is 2.96. The predicted octanol–water partition coefficient (Wildman–Crippen LogP) is 4.82. The normalized spacial score (nSPS) is 11.8. The summed E-state index contributed by atoms with van der Waals surface area (Å²) in [5.41, 5.74) is 3.91. The van der Waals surface area contributed by atoms with E-state index in [9.17, 15) is 9.59 Å². The van der Waals surface area contributed by atoms with E-state index in [1.807, 2.05) is 48.5 Å². The zero-order chi connectivity index (χ0) is 26.6. The Morgan fingerprint density at radius 1 is 1.03 bits per heavy atom. The Labute approximate surface area is 217 Å². The molecule has 3 aromatic rings. The monoisotopic (exact) mass is 504 g/mol. The number of carbonyl (C=O) groups excluding carboxylic acids is 2. The molecule has 1 aliphatic rings. The van der Waals surface area contributed by atoms with Gasteiger partial charge in [-0.25, -0.2) is 4.79 Å². The highest BCUT2D eigenvalue weighted by atomic mass is 16.5. The lowest BCUT2D eigenvalue weighted by molar-refractivity contribution is 0.0735. The Morgan fingerprint density at radius 2 is 1.73 bits per heavy atom. The van der Waals surface area contributed by atoms with Gasteiger partial charge in [0.05, 0.1) is 18.4 Å². The molecule has 3 aromatic carbocycles. The number of hydrogen-bond donors (Lipinski definition) is 2. The summed E-state index contributed by atoms with van der Waals surface area (Å²) in [6.07, 6.45) is 1.54. The third-order valence-electron chi connectivity index (χ3n) is 5.76. The number of methoxy groups -OCH3 is 1. The number of aliphatic hydroxyl groups excluding tert-OH is 1. The Bertz CT molecular complexity index is 1210. The fourth-order valence-corrected chi connectivity index (χ4v) is 3.97. The van der Waals surface area contributed by atoms with Crippen LogP contribution in [-0.2, 0) is 24.3 Å². The van der Waals surface area contributed by atoms with Crippen molar-refractivity contribution in [3.05, 3.63) is 102 Å². The Hall–Kier alpha value is -4.30. The summed E-state index contributed by atoms with van der Waals surface area (Å²) in [4.78, 5) is 27.7. The molecule has 0 radical (unpaired) electrons. The van der Waals surface area contributed by atoms with Crippen LogP contribution in [0.2, 0.25) is 0 Å². The molecule has 37 heavy (non-hydrogen) atoms. The fraction of sp³-hybridized carbons (Fsp3) is 0.241. The predicted molar refractivity (Wildman–Crippen MR) is 142 cm³/mol. The van der Waals surface area contributed by atoms with Gasteiger partial charge >= 0.3 is 6.09 Å². The van der Waals surface area contributed by atoms with Gasteiger partial charge in [-0.05, 0) is 29.2 Å². The number of ether oxygens (including phenoxy) is 3. The first-order chi connectivity index (χ1) is 18.1. The number of carbonyl (C=O) groups is 2. The summed E-state index contributed by atoms with van der Waals surface area (Å²) in [5.74, 6) is 0.578. The topological polar surface area (TPSA) is 97.3 Å². The third kappa shape index (κ3) is 7.11. The molecule has 194 valence electrons. The van der Waals surface area contributed by atoms with Crippen LogP contribution >= 0.6 is 0 Å². The van der Waals surface area contributed by atoms with Gasteiger partial charge in [0, 0.05) is 26.3 Å². The number of aliphatic hydroxyl groups is 1. The maximum Gasteiger partial charge on any atom is 0.411 e. The minimum Gasteiger partial charge on any atom is -0.493 e. The summed E-state index contributed by atoms with van der Waals surface area (Å²) in [6, 6.07) is 21.0. The number of benzene rings is 3. The van der Waals surface area contributed by atoms with Crippen molar-refractivity contribution in [1.29, 1.82) is 0 Å². The highest BCUT2D eigenvalue weighted by Crippen LogP contribution is 2.35. The zero-order valence-electron chi connectivity index (χ0n) is 21.1. The molecular formula is C29H32N2O6. The quantitative estimate of drug-likeness (QED) is 0.427. The number of fused-ring (bicyclic) bond motifs is 1. The molecule has 2 N–H and O–H groups in total. The maximum absolute atomic E-state index is 13.6. The van der Waals surface area contributed by atoms with Crippen LogP contribution in [0.25, 0.3) is 0 Å². The molecule has 0 unspecified atom stereocenters. The zero-order valence-corrected chi connectivity index (χ0v) is 21.1. The maximum atomic E-state index is 13.6. The van der Waals surface area contributed by atoms with Gasteiger partial charge in [0.1, 0.15) is 13.2 Å². The van der Waals surface area contributed by atoms with Gasteiger partial charge in [-0.3, -0.25) is 10.1 Å². The van der Waals surface area contributed by atoms with Crippen molar-refractivity contribution in [1.82, 2.24) is 4.90 Å². The van der Waals surface area contributed by atoms with E-state index in [0.29, 0.717) is 36.8 Å². The minimum absolute atomic E-state index is 0.0472. The molecule has 0 aliphatic carbocycles. The first kappa shape index (κ1) is 27.3. The Kier molecular flexibility index (Phi) is 10.1. The molecule has 0 fully saturated rings. The van der Waals surface area contributed by atoms with E-state index in [1.165, 1.54) is 18.7 Å². The van der Waals surface area contributed by atoms with Crippen LogP contribution in [0.3, 0.4) is 0 Å². The second kappa shape index (κ2) is 13.7. The van der Waals surface area contributed by atoms with Crippen LogP contribution in [0.1, 0.15) is 27.0 Å². The first-order valence-electron chi connectivity index (χ1n) is 11.8. The molecule has 0 saturated heterocycles. The molecule has 0 aromatic heterocycles. The number of nitrogens with zero attached hydrogens (tertiary/aromatic N) is 1. The van der Waals surface area contributed by atoms with Gasteiger partial charge in [0.15, 0.2) is 11.5 Å². The summed E-state index contributed by atoms with van der Waals surface area (Å²) in [6.45, 7) is 4.96. The molecule has 0 atom stereocenters. The van der Waals surface area contributed by atoms with Crippen LogP contribution in [0.4, 0.5) is 10.5 Å². The van der Waals surface area contributed by atoms with Crippen LogP contribution < -0.4 is 14.8 Å². The molecule has 1 heterocycles. The molecule has 4 rings (SSSR count). The number of anilines is 1. The third-order valence-corrected chi connectivity index (χ3v) is 5.76. The number of hydrogen-bond acceptors (Lipinski definition) is 6. The standard InChI is InChI=1S/C28H28N2O5.CH4O/c1-3-15-34-28(32)29-24-17-26(35-19-20-9-5-4-6-10-20)25(33-2)16-23(24)27(31)30-14-13-21-11-7-8-12-22(21)18-30;1-2/h3-12,16-17H,1,13-15,18-19H2,2H3,(H,29,32);2H,1H3.